The lowest BCUT2D eigenvalue weighted by molar-refractivity contribution is -0.149. The van der Waals surface area contributed by atoms with Crippen molar-refractivity contribution in [1.82, 2.24) is 15.1 Å². The van der Waals surface area contributed by atoms with Crippen LogP contribution in [0.1, 0.15) is 35.7 Å². The zero-order chi connectivity index (χ0) is 21.8. The number of rotatable bonds is 5. The maximum atomic E-state index is 12.9. The zero-order valence-corrected chi connectivity index (χ0v) is 17.7. The van der Waals surface area contributed by atoms with Gasteiger partial charge in [0.05, 0.1) is 12.5 Å². The van der Waals surface area contributed by atoms with Gasteiger partial charge in [0.25, 0.3) is 5.91 Å². The summed E-state index contributed by atoms with van der Waals surface area (Å²) in [6, 6.07) is 15.0. The second-order valence-corrected chi connectivity index (χ2v) is 7.70. The van der Waals surface area contributed by atoms with Crippen LogP contribution in [0.15, 0.2) is 52.9 Å². The van der Waals surface area contributed by atoms with Gasteiger partial charge in [0, 0.05) is 29.8 Å². The van der Waals surface area contributed by atoms with E-state index >= 15 is 0 Å². The zero-order valence-electron chi connectivity index (χ0n) is 17.7. The van der Waals surface area contributed by atoms with E-state index in [-0.39, 0.29) is 17.8 Å². The number of ether oxygens (including phenoxy) is 1. The number of aromatic nitrogens is 2. The van der Waals surface area contributed by atoms with Crippen LogP contribution in [0.25, 0.3) is 22.9 Å². The van der Waals surface area contributed by atoms with Gasteiger partial charge in [-0.05, 0) is 63.1 Å². The quantitative estimate of drug-likeness (QED) is 0.578. The Balaban J connectivity index is 1.45. The number of carbonyl (C=O) groups is 2. The molecule has 2 heterocycles. The van der Waals surface area contributed by atoms with Crippen LogP contribution in [0.2, 0.25) is 0 Å². The summed E-state index contributed by atoms with van der Waals surface area (Å²) in [5.74, 6) is 0.279. The Morgan fingerprint density at radius 3 is 2.26 bits per heavy atom. The standard InChI is InChI=1S/C24H25N3O4/c1-3-30-24(29)20-5-4-14-27(15-20)23(28)19-12-10-18(11-13-19)22-26-25-21(31-22)17-8-6-16(2)7-9-17/h6-13,20H,3-5,14-15H2,1-2H3. The van der Waals surface area contributed by atoms with Gasteiger partial charge in [-0.3, -0.25) is 9.59 Å². The highest BCUT2D eigenvalue weighted by atomic mass is 16.5. The minimum Gasteiger partial charge on any atom is -0.466 e. The molecular formula is C24H25N3O4. The third kappa shape index (κ3) is 4.66. The summed E-state index contributed by atoms with van der Waals surface area (Å²) in [4.78, 5) is 26.7. The van der Waals surface area contributed by atoms with E-state index in [0.717, 1.165) is 29.5 Å². The van der Waals surface area contributed by atoms with Crippen molar-refractivity contribution in [2.45, 2.75) is 26.7 Å². The van der Waals surface area contributed by atoms with E-state index in [0.29, 0.717) is 37.0 Å². The Morgan fingerprint density at radius 1 is 1.03 bits per heavy atom. The summed E-state index contributed by atoms with van der Waals surface area (Å²) < 4.78 is 10.9. The summed E-state index contributed by atoms with van der Waals surface area (Å²) in [5.41, 5.74) is 3.32. The first-order chi connectivity index (χ1) is 15.0. The smallest absolute Gasteiger partial charge is 0.310 e. The van der Waals surface area contributed by atoms with Crippen LogP contribution in [-0.4, -0.2) is 46.7 Å². The molecule has 31 heavy (non-hydrogen) atoms. The molecule has 2 aromatic carbocycles. The molecule has 7 nitrogen and oxygen atoms in total. The summed E-state index contributed by atoms with van der Waals surface area (Å²) >= 11 is 0. The highest BCUT2D eigenvalue weighted by Crippen LogP contribution is 2.25. The topological polar surface area (TPSA) is 85.5 Å². The molecule has 1 saturated heterocycles. The van der Waals surface area contributed by atoms with Gasteiger partial charge in [-0.1, -0.05) is 17.7 Å². The van der Waals surface area contributed by atoms with E-state index in [9.17, 15) is 9.59 Å². The van der Waals surface area contributed by atoms with Crippen LogP contribution in [-0.2, 0) is 9.53 Å². The molecule has 0 aliphatic carbocycles. The van der Waals surface area contributed by atoms with Crippen LogP contribution in [0.3, 0.4) is 0 Å². The molecule has 0 saturated carbocycles. The fourth-order valence-corrected chi connectivity index (χ4v) is 3.70. The lowest BCUT2D eigenvalue weighted by Gasteiger charge is -2.31. The molecule has 0 radical (unpaired) electrons. The van der Waals surface area contributed by atoms with Crippen LogP contribution in [0.5, 0.6) is 0 Å². The number of hydrogen-bond donors (Lipinski definition) is 0. The molecule has 1 aromatic heterocycles. The maximum Gasteiger partial charge on any atom is 0.310 e. The van der Waals surface area contributed by atoms with Crippen LogP contribution >= 0.6 is 0 Å². The van der Waals surface area contributed by atoms with Crippen molar-refractivity contribution >= 4 is 11.9 Å². The molecular weight excluding hydrogens is 394 g/mol. The molecule has 0 N–H and O–H groups in total. The van der Waals surface area contributed by atoms with Gasteiger partial charge in [-0.2, -0.15) is 0 Å². The minimum atomic E-state index is -0.254. The Labute approximate surface area is 181 Å². The van der Waals surface area contributed by atoms with Gasteiger partial charge in [0.1, 0.15) is 0 Å². The number of likely N-dealkylation sites (tertiary alicyclic amines) is 1. The largest absolute Gasteiger partial charge is 0.466 e. The Bertz CT molecular complexity index is 1060. The van der Waals surface area contributed by atoms with Crippen molar-refractivity contribution in [3.05, 3.63) is 59.7 Å². The number of nitrogens with zero attached hydrogens (tertiary/aromatic N) is 3. The van der Waals surface area contributed by atoms with E-state index in [4.69, 9.17) is 9.15 Å². The van der Waals surface area contributed by atoms with Gasteiger partial charge >= 0.3 is 5.97 Å². The molecule has 3 aromatic rings. The molecule has 1 aliphatic rings. The third-order valence-corrected chi connectivity index (χ3v) is 5.43. The number of benzene rings is 2. The average molecular weight is 419 g/mol. The lowest BCUT2D eigenvalue weighted by Crippen LogP contribution is -2.42. The van der Waals surface area contributed by atoms with E-state index in [1.165, 1.54) is 0 Å². The fraction of sp³-hybridized carbons (Fsp3) is 0.333. The molecule has 1 amide bonds. The number of amides is 1. The van der Waals surface area contributed by atoms with Gasteiger partial charge < -0.3 is 14.1 Å². The van der Waals surface area contributed by atoms with Crippen molar-refractivity contribution in [1.29, 1.82) is 0 Å². The SMILES string of the molecule is CCOC(=O)C1CCCN(C(=O)c2ccc(-c3nnc(-c4ccc(C)cc4)o3)cc2)C1. The van der Waals surface area contributed by atoms with Crippen molar-refractivity contribution in [3.8, 4) is 22.9 Å². The number of aryl methyl sites for hydroxylation is 1. The van der Waals surface area contributed by atoms with E-state index in [1.54, 1.807) is 36.1 Å². The molecule has 4 rings (SSSR count). The van der Waals surface area contributed by atoms with Gasteiger partial charge in [0.15, 0.2) is 0 Å². The molecule has 0 spiro atoms. The molecule has 1 atom stereocenters. The van der Waals surface area contributed by atoms with Crippen molar-refractivity contribution < 1.29 is 18.7 Å². The average Bonchev–Trinajstić information content (AvgIpc) is 3.30. The highest BCUT2D eigenvalue weighted by molar-refractivity contribution is 5.95. The monoisotopic (exact) mass is 419 g/mol. The van der Waals surface area contributed by atoms with Crippen molar-refractivity contribution in [3.63, 3.8) is 0 Å². The predicted molar refractivity (Wildman–Crippen MR) is 115 cm³/mol. The van der Waals surface area contributed by atoms with E-state index in [1.807, 2.05) is 31.2 Å². The Morgan fingerprint density at radius 2 is 1.65 bits per heavy atom. The summed E-state index contributed by atoms with van der Waals surface area (Å²) in [7, 11) is 0. The summed E-state index contributed by atoms with van der Waals surface area (Å²) in [5, 5.41) is 8.26. The Hall–Kier alpha value is -3.48. The molecule has 160 valence electrons. The van der Waals surface area contributed by atoms with Crippen molar-refractivity contribution in [2.75, 3.05) is 19.7 Å². The molecule has 1 aliphatic heterocycles. The van der Waals surface area contributed by atoms with Gasteiger partial charge in [-0.15, -0.1) is 10.2 Å². The maximum absolute atomic E-state index is 12.9. The number of hydrogen-bond acceptors (Lipinski definition) is 6. The van der Waals surface area contributed by atoms with Crippen molar-refractivity contribution in [2.24, 2.45) is 5.92 Å². The second kappa shape index (κ2) is 9.12. The molecule has 7 heteroatoms. The summed E-state index contributed by atoms with van der Waals surface area (Å²) in [6.45, 7) is 5.19. The van der Waals surface area contributed by atoms with Crippen LogP contribution in [0, 0.1) is 12.8 Å². The lowest BCUT2D eigenvalue weighted by atomic mass is 9.97. The fourth-order valence-electron chi connectivity index (χ4n) is 3.70. The second-order valence-electron chi connectivity index (χ2n) is 7.70. The highest BCUT2D eigenvalue weighted by Gasteiger charge is 2.29. The first-order valence-corrected chi connectivity index (χ1v) is 10.5. The van der Waals surface area contributed by atoms with Gasteiger partial charge in [0.2, 0.25) is 11.8 Å². The van der Waals surface area contributed by atoms with E-state index < -0.39 is 0 Å². The first kappa shape index (κ1) is 20.8. The van der Waals surface area contributed by atoms with Crippen LogP contribution < -0.4 is 0 Å². The Kier molecular flexibility index (Phi) is 6.11. The van der Waals surface area contributed by atoms with E-state index in [2.05, 4.69) is 10.2 Å². The van der Waals surface area contributed by atoms with Crippen LogP contribution in [0.4, 0.5) is 0 Å². The molecule has 1 unspecified atom stereocenters. The molecule has 1 fully saturated rings. The minimum absolute atomic E-state index is 0.0913. The number of carbonyl (C=O) groups excluding carboxylic acids is 2. The first-order valence-electron chi connectivity index (χ1n) is 10.5. The number of piperidine rings is 1. The summed E-state index contributed by atoms with van der Waals surface area (Å²) in [6.07, 6.45) is 1.54. The third-order valence-electron chi connectivity index (χ3n) is 5.43. The predicted octanol–water partition coefficient (Wildman–Crippen LogP) is 4.13. The normalized spacial score (nSPS) is 16.2. The number of esters is 1. The molecule has 0 bridgehead atoms. The van der Waals surface area contributed by atoms with Gasteiger partial charge in [-0.25, -0.2) is 0 Å².